The number of nitro groups is 1. The van der Waals surface area contributed by atoms with Crippen molar-refractivity contribution in [3.05, 3.63) is 52.3 Å². The van der Waals surface area contributed by atoms with E-state index in [1.165, 1.54) is 12.1 Å². The lowest BCUT2D eigenvalue weighted by molar-refractivity contribution is -0.384. The average molecular weight is 410 g/mol. The fourth-order valence-corrected chi connectivity index (χ4v) is 3.24. The number of carbonyl (C=O) groups excluding carboxylic acids is 1. The smallest absolute Gasteiger partial charge is 0.269 e. The molecule has 1 fully saturated rings. The number of halogens is 1. The van der Waals surface area contributed by atoms with Gasteiger partial charge in [0.05, 0.1) is 11.1 Å². The zero-order chi connectivity index (χ0) is 19.4. The maximum absolute atomic E-state index is 12.8. The number of aryl methyl sites for hydroxylation is 1. The highest BCUT2D eigenvalue weighted by molar-refractivity contribution is 5.85. The number of rotatable bonds is 6. The number of hydrogen-bond acceptors (Lipinski definition) is 6. The molecule has 9 nitrogen and oxygen atoms in total. The van der Waals surface area contributed by atoms with Gasteiger partial charge < -0.3 is 15.0 Å². The molecule has 1 aliphatic rings. The molecule has 0 bridgehead atoms. The van der Waals surface area contributed by atoms with Gasteiger partial charge in [-0.3, -0.25) is 19.6 Å². The van der Waals surface area contributed by atoms with Gasteiger partial charge in [-0.05, 0) is 19.2 Å². The molecule has 2 heterocycles. The number of non-ortho nitro benzene ring substituents is 1. The van der Waals surface area contributed by atoms with Gasteiger partial charge in [-0.1, -0.05) is 0 Å². The van der Waals surface area contributed by atoms with Gasteiger partial charge in [-0.25, -0.2) is 0 Å². The predicted molar refractivity (Wildman–Crippen MR) is 106 cm³/mol. The molecule has 1 amide bonds. The standard InChI is InChI=1S/C18H23N5O4.ClH/c1-19-17(13-11-20-21(2)12-13)18(24)22-9-7-16(8-10-22)27-15-5-3-14(4-6-15)23(25)26;/h3-6,11-12,16-17,19H,7-10H2,1-2H3;1H. The number of likely N-dealkylation sites (tertiary alicyclic amines) is 1. The van der Waals surface area contributed by atoms with Crippen molar-refractivity contribution in [2.24, 2.45) is 7.05 Å². The Morgan fingerprint density at radius 1 is 1.32 bits per heavy atom. The second-order valence-electron chi connectivity index (χ2n) is 6.56. The van der Waals surface area contributed by atoms with Crippen LogP contribution in [0.5, 0.6) is 5.75 Å². The topological polar surface area (TPSA) is 103 Å². The normalized spacial score (nSPS) is 15.6. The van der Waals surface area contributed by atoms with Gasteiger partial charge in [0.1, 0.15) is 17.9 Å². The quantitative estimate of drug-likeness (QED) is 0.578. The molecule has 0 saturated carbocycles. The van der Waals surface area contributed by atoms with Gasteiger partial charge in [0.25, 0.3) is 5.69 Å². The van der Waals surface area contributed by atoms with Gasteiger partial charge in [0, 0.05) is 56.9 Å². The summed E-state index contributed by atoms with van der Waals surface area (Å²) >= 11 is 0. The Morgan fingerprint density at radius 3 is 2.46 bits per heavy atom. The van der Waals surface area contributed by atoms with E-state index in [1.54, 1.807) is 30.1 Å². The monoisotopic (exact) mass is 409 g/mol. The van der Waals surface area contributed by atoms with Crippen LogP contribution >= 0.6 is 12.4 Å². The predicted octanol–water partition coefficient (Wildman–Crippen LogP) is 2.08. The van der Waals surface area contributed by atoms with E-state index in [9.17, 15) is 14.9 Å². The number of ether oxygens (including phenoxy) is 1. The third kappa shape index (κ3) is 4.99. The fourth-order valence-electron chi connectivity index (χ4n) is 3.24. The molecule has 1 aromatic carbocycles. The second kappa shape index (κ2) is 9.52. The van der Waals surface area contributed by atoms with Gasteiger partial charge in [-0.2, -0.15) is 5.10 Å². The van der Waals surface area contributed by atoms with Crippen LogP contribution in [0.3, 0.4) is 0 Å². The number of nitrogens with zero attached hydrogens (tertiary/aromatic N) is 4. The summed E-state index contributed by atoms with van der Waals surface area (Å²) < 4.78 is 7.58. The van der Waals surface area contributed by atoms with Crippen molar-refractivity contribution in [1.29, 1.82) is 0 Å². The summed E-state index contributed by atoms with van der Waals surface area (Å²) in [5.74, 6) is 0.633. The van der Waals surface area contributed by atoms with E-state index < -0.39 is 11.0 Å². The average Bonchev–Trinajstić information content (AvgIpc) is 3.09. The molecular formula is C18H24ClN5O4. The van der Waals surface area contributed by atoms with Crippen LogP contribution in [0.25, 0.3) is 0 Å². The Balaban J connectivity index is 0.00000280. The summed E-state index contributed by atoms with van der Waals surface area (Å²) in [6.45, 7) is 1.21. The zero-order valence-electron chi connectivity index (χ0n) is 15.8. The summed E-state index contributed by atoms with van der Waals surface area (Å²) in [5.41, 5.74) is 0.880. The minimum Gasteiger partial charge on any atom is -0.490 e. The molecule has 1 aliphatic heterocycles. The first-order valence-corrected chi connectivity index (χ1v) is 8.83. The van der Waals surface area contributed by atoms with Gasteiger partial charge >= 0.3 is 0 Å². The number of piperidine rings is 1. The molecule has 3 rings (SSSR count). The first-order chi connectivity index (χ1) is 13.0. The van der Waals surface area contributed by atoms with Crippen molar-refractivity contribution in [3.63, 3.8) is 0 Å². The molecule has 1 N–H and O–H groups in total. The number of carbonyl (C=O) groups is 1. The third-order valence-corrected chi connectivity index (χ3v) is 4.70. The number of nitro benzene ring substituents is 1. The fraction of sp³-hybridized carbons (Fsp3) is 0.444. The summed E-state index contributed by atoms with van der Waals surface area (Å²) in [5, 5.41) is 17.9. The zero-order valence-corrected chi connectivity index (χ0v) is 16.6. The summed E-state index contributed by atoms with van der Waals surface area (Å²) in [7, 11) is 3.59. The van der Waals surface area contributed by atoms with Gasteiger partial charge in [-0.15, -0.1) is 12.4 Å². The van der Waals surface area contributed by atoms with Crippen molar-refractivity contribution >= 4 is 24.0 Å². The summed E-state index contributed by atoms with van der Waals surface area (Å²) in [6, 6.07) is 5.66. The molecule has 0 aliphatic carbocycles. The van der Waals surface area contributed by atoms with Crippen molar-refractivity contribution in [3.8, 4) is 5.75 Å². The molecule has 0 spiro atoms. The minimum absolute atomic E-state index is 0. The molecule has 2 aromatic rings. The van der Waals surface area contributed by atoms with Crippen LogP contribution in [0.4, 0.5) is 5.69 Å². The molecule has 28 heavy (non-hydrogen) atoms. The highest BCUT2D eigenvalue weighted by Crippen LogP contribution is 2.23. The molecule has 0 radical (unpaired) electrons. The molecule has 1 saturated heterocycles. The van der Waals surface area contributed by atoms with Crippen LogP contribution in [0.1, 0.15) is 24.4 Å². The molecule has 1 atom stereocenters. The van der Waals surface area contributed by atoms with E-state index >= 15 is 0 Å². The Labute approximate surface area is 169 Å². The maximum Gasteiger partial charge on any atom is 0.269 e. The maximum atomic E-state index is 12.8. The Hall–Kier alpha value is -2.65. The summed E-state index contributed by atoms with van der Waals surface area (Å²) in [4.78, 5) is 24.9. The molecule has 152 valence electrons. The van der Waals surface area contributed by atoms with E-state index in [0.717, 1.165) is 5.56 Å². The highest BCUT2D eigenvalue weighted by Gasteiger charge is 2.29. The molecule has 10 heteroatoms. The van der Waals surface area contributed by atoms with Crippen LogP contribution in [-0.4, -0.2) is 51.8 Å². The third-order valence-electron chi connectivity index (χ3n) is 4.70. The lowest BCUT2D eigenvalue weighted by Gasteiger charge is -2.34. The molecular weight excluding hydrogens is 386 g/mol. The van der Waals surface area contributed by atoms with Crippen LogP contribution in [0.15, 0.2) is 36.7 Å². The first kappa shape index (κ1) is 21.6. The van der Waals surface area contributed by atoms with Gasteiger partial charge in [0.2, 0.25) is 5.91 Å². The minimum atomic E-state index is -0.436. The van der Waals surface area contributed by atoms with Crippen molar-refractivity contribution in [1.82, 2.24) is 20.0 Å². The number of hydrogen-bond donors (Lipinski definition) is 1. The Kier molecular flexibility index (Phi) is 7.36. The second-order valence-corrected chi connectivity index (χ2v) is 6.56. The lowest BCUT2D eigenvalue weighted by Crippen LogP contribution is -2.46. The Bertz CT molecular complexity index is 803. The van der Waals surface area contributed by atoms with Gasteiger partial charge in [0.15, 0.2) is 0 Å². The summed E-state index contributed by atoms with van der Waals surface area (Å²) in [6.07, 6.45) is 4.95. The SMILES string of the molecule is CNC(C(=O)N1CCC(Oc2ccc([N+](=O)[O-])cc2)CC1)c1cnn(C)c1.Cl. The number of amides is 1. The van der Waals surface area contributed by atoms with E-state index in [0.29, 0.717) is 31.7 Å². The van der Waals surface area contributed by atoms with E-state index in [2.05, 4.69) is 10.4 Å². The lowest BCUT2D eigenvalue weighted by atomic mass is 10.0. The largest absolute Gasteiger partial charge is 0.490 e. The van der Waals surface area contributed by atoms with Crippen LogP contribution in [0.2, 0.25) is 0 Å². The van der Waals surface area contributed by atoms with Crippen molar-refractivity contribution in [2.75, 3.05) is 20.1 Å². The van der Waals surface area contributed by atoms with Crippen LogP contribution in [0, 0.1) is 10.1 Å². The van der Waals surface area contributed by atoms with E-state index in [1.807, 2.05) is 18.1 Å². The molecule has 1 unspecified atom stereocenters. The van der Waals surface area contributed by atoms with Crippen LogP contribution in [-0.2, 0) is 11.8 Å². The van der Waals surface area contributed by atoms with E-state index in [4.69, 9.17) is 4.74 Å². The van der Waals surface area contributed by atoms with E-state index in [-0.39, 0.29) is 30.1 Å². The number of aromatic nitrogens is 2. The Morgan fingerprint density at radius 2 is 1.96 bits per heavy atom. The molecule has 1 aromatic heterocycles. The highest BCUT2D eigenvalue weighted by atomic mass is 35.5. The number of nitrogens with one attached hydrogen (secondary N) is 1. The number of likely N-dealkylation sites (N-methyl/N-ethyl adjacent to an activating group) is 1. The number of benzene rings is 1. The van der Waals surface area contributed by atoms with Crippen molar-refractivity contribution in [2.45, 2.75) is 25.0 Å². The van der Waals surface area contributed by atoms with Crippen LogP contribution < -0.4 is 10.1 Å². The van der Waals surface area contributed by atoms with Crippen molar-refractivity contribution < 1.29 is 14.5 Å². The first-order valence-electron chi connectivity index (χ1n) is 8.83.